The van der Waals surface area contributed by atoms with Crippen LogP contribution in [0.15, 0.2) is 28.8 Å². The first-order chi connectivity index (χ1) is 8.75. The van der Waals surface area contributed by atoms with E-state index >= 15 is 0 Å². The fourth-order valence-corrected chi connectivity index (χ4v) is 1.50. The molecule has 0 unspecified atom stereocenters. The summed E-state index contributed by atoms with van der Waals surface area (Å²) in [6.07, 6.45) is 3.74. The van der Waals surface area contributed by atoms with Gasteiger partial charge in [-0.1, -0.05) is 6.07 Å². The van der Waals surface area contributed by atoms with Crippen molar-refractivity contribution in [1.29, 1.82) is 0 Å². The summed E-state index contributed by atoms with van der Waals surface area (Å²) in [7, 11) is 0. The summed E-state index contributed by atoms with van der Waals surface area (Å²) < 4.78 is 5.44. The standard InChI is InChI=1S/C12H13N3O3/c16-11(17)7-2-1-6-10-14-15-12(18-10)9-5-3-4-8-13-9/h3-5,8H,1-2,6-7H2,(H,16,17). The van der Waals surface area contributed by atoms with E-state index in [-0.39, 0.29) is 6.42 Å². The van der Waals surface area contributed by atoms with Gasteiger partial charge < -0.3 is 9.52 Å². The van der Waals surface area contributed by atoms with E-state index in [2.05, 4.69) is 15.2 Å². The molecule has 0 spiro atoms. The van der Waals surface area contributed by atoms with Crippen LogP contribution >= 0.6 is 0 Å². The van der Waals surface area contributed by atoms with E-state index in [4.69, 9.17) is 9.52 Å². The average Bonchev–Trinajstić information content (AvgIpc) is 2.84. The van der Waals surface area contributed by atoms with Gasteiger partial charge in [-0.15, -0.1) is 10.2 Å². The second-order valence-electron chi connectivity index (χ2n) is 3.82. The van der Waals surface area contributed by atoms with Gasteiger partial charge in [0.05, 0.1) is 0 Å². The molecule has 0 aromatic carbocycles. The maximum Gasteiger partial charge on any atom is 0.303 e. The number of hydrogen-bond acceptors (Lipinski definition) is 5. The van der Waals surface area contributed by atoms with Gasteiger partial charge in [0.2, 0.25) is 5.89 Å². The Bertz CT molecular complexity index is 510. The van der Waals surface area contributed by atoms with Gasteiger partial charge in [0.1, 0.15) is 5.69 Å². The predicted octanol–water partition coefficient (Wildman–Crippen LogP) is 1.93. The van der Waals surface area contributed by atoms with Gasteiger partial charge in [0.25, 0.3) is 5.89 Å². The number of carboxylic acid groups (broad SMARTS) is 1. The molecule has 0 atom stereocenters. The summed E-state index contributed by atoms with van der Waals surface area (Å²) in [6, 6.07) is 5.45. The van der Waals surface area contributed by atoms with Crippen molar-refractivity contribution in [3.05, 3.63) is 30.3 Å². The number of carbonyl (C=O) groups is 1. The fourth-order valence-electron chi connectivity index (χ4n) is 1.50. The van der Waals surface area contributed by atoms with E-state index in [0.29, 0.717) is 30.3 Å². The molecule has 2 aromatic rings. The number of rotatable bonds is 6. The largest absolute Gasteiger partial charge is 0.481 e. The minimum absolute atomic E-state index is 0.168. The van der Waals surface area contributed by atoms with E-state index in [1.54, 1.807) is 12.3 Å². The third-order valence-electron chi connectivity index (χ3n) is 2.38. The van der Waals surface area contributed by atoms with E-state index < -0.39 is 5.97 Å². The van der Waals surface area contributed by atoms with Crippen LogP contribution in [-0.2, 0) is 11.2 Å². The van der Waals surface area contributed by atoms with Crippen LogP contribution in [0.25, 0.3) is 11.6 Å². The zero-order valence-electron chi connectivity index (χ0n) is 9.74. The number of hydrogen-bond donors (Lipinski definition) is 1. The Hall–Kier alpha value is -2.24. The molecule has 0 radical (unpaired) electrons. The number of aryl methyl sites for hydroxylation is 1. The first-order valence-electron chi connectivity index (χ1n) is 5.71. The Morgan fingerprint density at radius 3 is 2.89 bits per heavy atom. The van der Waals surface area contributed by atoms with Crippen LogP contribution < -0.4 is 0 Å². The quantitative estimate of drug-likeness (QED) is 0.784. The molecule has 2 heterocycles. The maximum atomic E-state index is 10.3. The molecule has 0 aliphatic heterocycles. The molecule has 94 valence electrons. The molecule has 0 saturated carbocycles. The summed E-state index contributed by atoms with van der Waals surface area (Å²) in [6.45, 7) is 0. The van der Waals surface area contributed by atoms with Crippen molar-refractivity contribution in [1.82, 2.24) is 15.2 Å². The molecule has 1 N–H and O–H groups in total. The third-order valence-corrected chi connectivity index (χ3v) is 2.38. The molecular formula is C12H13N3O3. The highest BCUT2D eigenvalue weighted by atomic mass is 16.4. The summed E-state index contributed by atoms with van der Waals surface area (Å²) in [5.74, 6) is 0.125. The van der Waals surface area contributed by atoms with Crippen LogP contribution in [0.2, 0.25) is 0 Å². The highest BCUT2D eigenvalue weighted by Crippen LogP contribution is 2.15. The van der Waals surface area contributed by atoms with Crippen molar-refractivity contribution in [2.24, 2.45) is 0 Å². The Morgan fingerprint density at radius 1 is 1.28 bits per heavy atom. The molecule has 0 aliphatic rings. The van der Waals surface area contributed by atoms with Crippen molar-refractivity contribution >= 4 is 5.97 Å². The Kier molecular flexibility index (Phi) is 4.01. The number of unbranched alkanes of at least 4 members (excludes halogenated alkanes) is 1. The highest BCUT2D eigenvalue weighted by molar-refractivity contribution is 5.66. The van der Waals surface area contributed by atoms with Gasteiger partial charge in [-0.05, 0) is 25.0 Å². The van der Waals surface area contributed by atoms with Crippen LogP contribution in [0.5, 0.6) is 0 Å². The third kappa shape index (κ3) is 3.38. The topological polar surface area (TPSA) is 89.1 Å². The SMILES string of the molecule is O=C(O)CCCCc1nnc(-c2ccccn2)o1. The zero-order chi connectivity index (χ0) is 12.8. The lowest BCUT2D eigenvalue weighted by Gasteiger charge is -1.94. The molecule has 0 amide bonds. The normalized spacial score (nSPS) is 10.4. The van der Waals surface area contributed by atoms with E-state index in [1.807, 2.05) is 12.1 Å². The number of carboxylic acids is 1. The van der Waals surface area contributed by atoms with E-state index in [1.165, 1.54) is 0 Å². The van der Waals surface area contributed by atoms with Crippen molar-refractivity contribution in [3.8, 4) is 11.6 Å². The van der Waals surface area contributed by atoms with Gasteiger partial charge in [-0.3, -0.25) is 9.78 Å². The zero-order valence-corrected chi connectivity index (χ0v) is 9.74. The van der Waals surface area contributed by atoms with Crippen LogP contribution in [0.3, 0.4) is 0 Å². The molecule has 0 aliphatic carbocycles. The second-order valence-corrected chi connectivity index (χ2v) is 3.82. The Morgan fingerprint density at radius 2 is 2.17 bits per heavy atom. The minimum atomic E-state index is -0.783. The number of pyridine rings is 1. The van der Waals surface area contributed by atoms with Crippen molar-refractivity contribution < 1.29 is 14.3 Å². The van der Waals surface area contributed by atoms with Gasteiger partial charge >= 0.3 is 5.97 Å². The van der Waals surface area contributed by atoms with Crippen molar-refractivity contribution in [2.45, 2.75) is 25.7 Å². The Balaban J connectivity index is 1.89. The summed E-state index contributed by atoms with van der Waals surface area (Å²) in [5.41, 5.74) is 0.641. The molecule has 18 heavy (non-hydrogen) atoms. The number of aliphatic carboxylic acids is 1. The predicted molar refractivity (Wildman–Crippen MR) is 62.7 cm³/mol. The van der Waals surface area contributed by atoms with Gasteiger partial charge in [-0.25, -0.2) is 0 Å². The van der Waals surface area contributed by atoms with Crippen molar-refractivity contribution in [3.63, 3.8) is 0 Å². The molecule has 0 saturated heterocycles. The molecule has 6 heteroatoms. The van der Waals surface area contributed by atoms with Crippen LogP contribution in [-0.4, -0.2) is 26.3 Å². The Labute approximate surface area is 104 Å². The van der Waals surface area contributed by atoms with Gasteiger partial charge in [0, 0.05) is 19.0 Å². The lowest BCUT2D eigenvalue weighted by molar-refractivity contribution is -0.137. The average molecular weight is 247 g/mol. The summed E-state index contributed by atoms with van der Waals surface area (Å²) in [5, 5.41) is 16.3. The first-order valence-corrected chi connectivity index (χ1v) is 5.71. The lowest BCUT2D eigenvalue weighted by atomic mass is 10.2. The van der Waals surface area contributed by atoms with E-state index in [0.717, 1.165) is 6.42 Å². The number of aromatic nitrogens is 3. The maximum absolute atomic E-state index is 10.3. The molecule has 2 rings (SSSR count). The van der Waals surface area contributed by atoms with Gasteiger partial charge in [-0.2, -0.15) is 0 Å². The monoisotopic (exact) mass is 247 g/mol. The first kappa shape index (κ1) is 12.2. The van der Waals surface area contributed by atoms with Crippen LogP contribution in [0, 0.1) is 0 Å². The lowest BCUT2D eigenvalue weighted by Crippen LogP contribution is -1.95. The molecule has 0 bridgehead atoms. The van der Waals surface area contributed by atoms with Crippen LogP contribution in [0.4, 0.5) is 0 Å². The summed E-state index contributed by atoms with van der Waals surface area (Å²) in [4.78, 5) is 14.4. The highest BCUT2D eigenvalue weighted by Gasteiger charge is 2.09. The smallest absolute Gasteiger partial charge is 0.303 e. The number of nitrogens with zero attached hydrogens (tertiary/aromatic N) is 3. The summed E-state index contributed by atoms with van der Waals surface area (Å²) >= 11 is 0. The van der Waals surface area contributed by atoms with E-state index in [9.17, 15) is 4.79 Å². The van der Waals surface area contributed by atoms with Gasteiger partial charge in [0.15, 0.2) is 0 Å². The molecule has 2 aromatic heterocycles. The van der Waals surface area contributed by atoms with Crippen molar-refractivity contribution in [2.75, 3.05) is 0 Å². The second kappa shape index (κ2) is 5.90. The minimum Gasteiger partial charge on any atom is -0.481 e. The fraction of sp³-hybridized carbons (Fsp3) is 0.333. The molecular weight excluding hydrogens is 234 g/mol. The molecule has 6 nitrogen and oxygen atoms in total. The molecule has 0 fully saturated rings. The van der Waals surface area contributed by atoms with Crippen LogP contribution in [0.1, 0.15) is 25.2 Å².